The summed E-state index contributed by atoms with van der Waals surface area (Å²) in [5.41, 5.74) is 0. The van der Waals surface area contributed by atoms with Crippen LogP contribution in [0.3, 0.4) is 0 Å². The standard InChI is InChI=1S/C16H25NO4/c18-15(7-6-13-4-2-1-3-5-13)17(12-16(19)20)14-8-10-21-11-9-14/h6-7,13-14H,1-5,8-12H2,(H,19,20)/b7-6+. The van der Waals surface area contributed by atoms with E-state index in [1.54, 1.807) is 6.08 Å². The molecule has 1 amide bonds. The first kappa shape index (κ1) is 16.0. The van der Waals surface area contributed by atoms with Crippen LogP contribution in [0.2, 0.25) is 0 Å². The number of allylic oxidation sites excluding steroid dienone is 1. The molecule has 1 saturated heterocycles. The molecule has 1 saturated carbocycles. The van der Waals surface area contributed by atoms with Crippen LogP contribution in [0.4, 0.5) is 0 Å². The molecule has 0 bridgehead atoms. The van der Waals surface area contributed by atoms with E-state index in [1.807, 2.05) is 6.08 Å². The highest BCUT2D eigenvalue weighted by atomic mass is 16.5. The zero-order valence-electron chi connectivity index (χ0n) is 12.5. The number of aliphatic carboxylic acids is 1. The minimum Gasteiger partial charge on any atom is -0.480 e. The number of hydrogen-bond donors (Lipinski definition) is 1. The average Bonchev–Trinajstić information content (AvgIpc) is 2.52. The fourth-order valence-corrected chi connectivity index (χ4v) is 3.17. The minimum atomic E-state index is -0.957. The summed E-state index contributed by atoms with van der Waals surface area (Å²) in [5.74, 6) is -0.653. The van der Waals surface area contributed by atoms with Crippen LogP contribution < -0.4 is 0 Å². The van der Waals surface area contributed by atoms with E-state index in [2.05, 4.69) is 0 Å². The van der Waals surface area contributed by atoms with Gasteiger partial charge in [0.25, 0.3) is 0 Å². The molecule has 0 unspecified atom stereocenters. The van der Waals surface area contributed by atoms with Crippen molar-refractivity contribution in [3.8, 4) is 0 Å². The van der Waals surface area contributed by atoms with E-state index in [1.165, 1.54) is 24.2 Å². The summed E-state index contributed by atoms with van der Waals surface area (Å²) in [7, 11) is 0. The first-order valence-corrected chi connectivity index (χ1v) is 7.95. The third kappa shape index (κ3) is 5.16. The van der Waals surface area contributed by atoms with Crippen molar-refractivity contribution in [3.63, 3.8) is 0 Å². The number of carboxylic acids is 1. The molecule has 118 valence electrons. The largest absolute Gasteiger partial charge is 0.480 e. The van der Waals surface area contributed by atoms with E-state index in [9.17, 15) is 9.59 Å². The van der Waals surface area contributed by atoms with Crippen LogP contribution in [-0.2, 0) is 14.3 Å². The lowest BCUT2D eigenvalue weighted by molar-refractivity contribution is -0.145. The van der Waals surface area contributed by atoms with Crippen molar-refractivity contribution in [1.82, 2.24) is 4.90 Å². The molecule has 0 spiro atoms. The molecule has 0 aromatic heterocycles. The van der Waals surface area contributed by atoms with Gasteiger partial charge in [0.1, 0.15) is 6.54 Å². The monoisotopic (exact) mass is 295 g/mol. The van der Waals surface area contributed by atoms with Gasteiger partial charge in [-0.15, -0.1) is 0 Å². The van der Waals surface area contributed by atoms with Gasteiger partial charge in [-0.1, -0.05) is 25.3 Å². The van der Waals surface area contributed by atoms with E-state index in [-0.39, 0.29) is 18.5 Å². The second kappa shape index (κ2) is 8.17. The lowest BCUT2D eigenvalue weighted by atomic mass is 9.89. The highest BCUT2D eigenvalue weighted by Gasteiger charge is 2.26. The lowest BCUT2D eigenvalue weighted by Crippen LogP contribution is -2.45. The Hall–Kier alpha value is -1.36. The minimum absolute atomic E-state index is 0.0154. The Morgan fingerprint density at radius 3 is 2.38 bits per heavy atom. The molecular weight excluding hydrogens is 270 g/mol. The SMILES string of the molecule is O=C(O)CN(C(=O)/C=C/C1CCCCC1)C1CCOCC1. The van der Waals surface area contributed by atoms with Crippen molar-refractivity contribution in [2.45, 2.75) is 51.0 Å². The number of carbonyl (C=O) groups is 2. The third-order valence-corrected chi connectivity index (χ3v) is 4.38. The quantitative estimate of drug-likeness (QED) is 0.790. The summed E-state index contributed by atoms with van der Waals surface area (Å²) >= 11 is 0. The van der Waals surface area contributed by atoms with Crippen molar-refractivity contribution in [3.05, 3.63) is 12.2 Å². The number of ether oxygens (including phenoxy) is 1. The average molecular weight is 295 g/mol. The normalized spacial score (nSPS) is 21.5. The molecule has 5 nitrogen and oxygen atoms in total. The second-order valence-electron chi connectivity index (χ2n) is 5.96. The van der Waals surface area contributed by atoms with Crippen LogP contribution in [0.5, 0.6) is 0 Å². The van der Waals surface area contributed by atoms with Gasteiger partial charge in [0.05, 0.1) is 0 Å². The number of amides is 1. The molecule has 1 heterocycles. The maximum atomic E-state index is 12.4. The number of hydrogen-bond acceptors (Lipinski definition) is 3. The molecule has 0 aromatic rings. The Kier molecular flexibility index (Phi) is 6.23. The van der Waals surface area contributed by atoms with E-state index >= 15 is 0 Å². The van der Waals surface area contributed by atoms with Crippen molar-refractivity contribution in [2.75, 3.05) is 19.8 Å². The van der Waals surface area contributed by atoms with Gasteiger partial charge in [-0.3, -0.25) is 9.59 Å². The summed E-state index contributed by atoms with van der Waals surface area (Å²) in [6, 6.07) is -0.0154. The van der Waals surface area contributed by atoms with E-state index in [0.717, 1.165) is 25.7 Å². The fourth-order valence-electron chi connectivity index (χ4n) is 3.17. The molecule has 5 heteroatoms. The second-order valence-corrected chi connectivity index (χ2v) is 5.96. The van der Waals surface area contributed by atoms with Gasteiger partial charge in [0.2, 0.25) is 5.91 Å². The predicted octanol–water partition coefficient (Wildman–Crippen LogP) is 2.22. The molecule has 0 radical (unpaired) electrons. The molecule has 21 heavy (non-hydrogen) atoms. The molecule has 0 aromatic carbocycles. The van der Waals surface area contributed by atoms with E-state index < -0.39 is 5.97 Å². The van der Waals surface area contributed by atoms with Crippen molar-refractivity contribution >= 4 is 11.9 Å². The highest BCUT2D eigenvalue weighted by molar-refractivity contribution is 5.90. The van der Waals surface area contributed by atoms with Crippen LogP contribution in [0.1, 0.15) is 44.9 Å². The van der Waals surface area contributed by atoms with Crippen LogP contribution in [0.15, 0.2) is 12.2 Å². The first-order chi connectivity index (χ1) is 10.2. The van der Waals surface area contributed by atoms with Crippen molar-refractivity contribution < 1.29 is 19.4 Å². The molecular formula is C16H25NO4. The summed E-state index contributed by atoms with van der Waals surface area (Å²) in [6.07, 6.45) is 11.0. The number of nitrogens with zero attached hydrogens (tertiary/aromatic N) is 1. The maximum Gasteiger partial charge on any atom is 0.323 e. The van der Waals surface area contributed by atoms with Gasteiger partial charge < -0.3 is 14.7 Å². The molecule has 2 aliphatic rings. The van der Waals surface area contributed by atoms with Gasteiger partial charge in [-0.25, -0.2) is 0 Å². The Morgan fingerprint density at radius 1 is 1.10 bits per heavy atom. The van der Waals surface area contributed by atoms with Crippen molar-refractivity contribution in [2.24, 2.45) is 5.92 Å². The molecule has 2 rings (SSSR count). The molecule has 0 atom stereocenters. The molecule has 1 aliphatic heterocycles. The summed E-state index contributed by atoms with van der Waals surface area (Å²) < 4.78 is 5.29. The van der Waals surface area contributed by atoms with Crippen molar-refractivity contribution in [1.29, 1.82) is 0 Å². The van der Waals surface area contributed by atoms with Gasteiger partial charge in [-0.2, -0.15) is 0 Å². The summed E-state index contributed by atoms with van der Waals surface area (Å²) in [5, 5.41) is 9.03. The number of carbonyl (C=O) groups excluding carboxylic acids is 1. The van der Waals surface area contributed by atoms with Crippen LogP contribution in [-0.4, -0.2) is 47.7 Å². The smallest absolute Gasteiger partial charge is 0.323 e. The Labute approximate surface area is 126 Å². The molecule has 1 N–H and O–H groups in total. The zero-order valence-corrected chi connectivity index (χ0v) is 12.5. The van der Waals surface area contributed by atoms with Crippen LogP contribution >= 0.6 is 0 Å². The van der Waals surface area contributed by atoms with E-state index in [0.29, 0.717) is 19.1 Å². The molecule has 2 fully saturated rings. The Morgan fingerprint density at radius 2 is 1.76 bits per heavy atom. The third-order valence-electron chi connectivity index (χ3n) is 4.38. The Balaban J connectivity index is 1.95. The van der Waals surface area contributed by atoms with Gasteiger partial charge in [0, 0.05) is 19.3 Å². The van der Waals surface area contributed by atoms with Gasteiger partial charge >= 0.3 is 5.97 Å². The number of rotatable bonds is 5. The summed E-state index contributed by atoms with van der Waals surface area (Å²) in [6.45, 7) is 0.972. The highest BCUT2D eigenvalue weighted by Crippen LogP contribution is 2.24. The lowest BCUT2D eigenvalue weighted by Gasteiger charge is -2.32. The topological polar surface area (TPSA) is 66.8 Å². The van der Waals surface area contributed by atoms with Crippen LogP contribution in [0.25, 0.3) is 0 Å². The zero-order chi connectivity index (χ0) is 15.1. The van der Waals surface area contributed by atoms with Crippen LogP contribution in [0, 0.1) is 5.92 Å². The van der Waals surface area contributed by atoms with Gasteiger partial charge in [0.15, 0.2) is 0 Å². The number of carboxylic acid groups (broad SMARTS) is 1. The summed E-state index contributed by atoms with van der Waals surface area (Å²) in [4.78, 5) is 24.9. The fraction of sp³-hybridized carbons (Fsp3) is 0.750. The van der Waals surface area contributed by atoms with Gasteiger partial charge in [-0.05, 0) is 37.7 Å². The van der Waals surface area contributed by atoms with E-state index in [4.69, 9.17) is 9.84 Å². The maximum absolute atomic E-state index is 12.4. The first-order valence-electron chi connectivity index (χ1n) is 7.95. The predicted molar refractivity (Wildman–Crippen MR) is 78.9 cm³/mol. The molecule has 1 aliphatic carbocycles. The Bertz CT molecular complexity index is 382.